The topological polar surface area (TPSA) is 67.9 Å². The second-order valence-corrected chi connectivity index (χ2v) is 9.53. The van der Waals surface area contributed by atoms with Crippen molar-refractivity contribution in [3.05, 3.63) is 64.7 Å². The molecule has 0 spiro atoms. The maximum Gasteiger partial charge on any atom is 0.250 e. The number of amides is 2. The van der Waals surface area contributed by atoms with E-state index in [1.807, 2.05) is 22.0 Å². The highest BCUT2D eigenvalue weighted by Gasteiger charge is 2.26. The van der Waals surface area contributed by atoms with Gasteiger partial charge >= 0.3 is 0 Å². The summed E-state index contributed by atoms with van der Waals surface area (Å²) in [5, 5.41) is 10.2. The summed E-state index contributed by atoms with van der Waals surface area (Å²) < 4.78 is 0. The van der Waals surface area contributed by atoms with Crippen LogP contribution in [-0.4, -0.2) is 61.1 Å². The molecule has 0 atom stereocenters. The summed E-state index contributed by atoms with van der Waals surface area (Å²) >= 11 is 0. The Hall–Kier alpha value is -2.16. The van der Waals surface area contributed by atoms with Crippen LogP contribution in [0.25, 0.3) is 0 Å². The molecule has 2 amide bonds. The molecule has 2 aromatic rings. The summed E-state index contributed by atoms with van der Waals surface area (Å²) in [6.45, 7) is 7.26. The van der Waals surface area contributed by atoms with Crippen LogP contribution in [0.2, 0.25) is 0 Å². The summed E-state index contributed by atoms with van der Waals surface area (Å²) in [5.74, 6) is -0.0517. The van der Waals surface area contributed by atoms with E-state index < -0.39 is 0 Å². The van der Waals surface area contributed by atoms with Gasteiger partial charge in [0.05, 0.1) is 13.1 Å². The van der Waals surface area contributed by atoms with E-state index in [1.165, 1.54) is 22.3 Å². The molecule has 4 rings (SSSR count). The van der Waals surface area contributed by atoms with E-state index in [0.717, 1.165) is 44.6 Å². The third-order valence-electron chi connectivity index (χ3n) is 6.76. The van der Waals surface area contributed by atoms with Gasteiger partial charge < -0.3 is 10.2 Å². The van der Waals surface area contributed by atoms with Crippen LogP contribution in [-0.2, 0) is 35.5 Å². The van der Waals surface area contributed by atoms with Gasteiger partial charge in [0.25, 0.3) is 5.91 Å². The van der Waals surface area contributed by atoms with Crippen molar-refractivity contribution in [1.82, 2.24) is 20.7 Å². The fraction of sp³-hybridized carbons (Fsp3) is 0.481. The highest BCUT2D eigenvalue weighted by atomic mass is 35.5. The molecule has 36 heavy (non-hydrogen) atoms. The van der Waals surface area contributed by atoms with Crippen LogP contribution in [0.1, 0.15) is 42.5 Å². The zero-order valence-electron chi connectivity index (χ0n) is 21.5. The van der Waals surface area contributed by atoms with E-state index in [-0.39, 0.29) is 49.7 Å². The molecule has 0 unspecified atom stereocenters. The SMILES string of the molecule is CC(C)NCCN(C(=O)CNCC(=O)N(C)N1Cc2ccccc2C1)c1cccc2c1CCC2.Cl.Cl. The number of rotatable bonds is 10. The molecule has 2 aromatic carbocycles. The lowest BCUT2D eigenvalue weighted by molar-refractivity contribution is -0.145. The first-order valence-electron chi connectivity index (χ1n) is 12.4. The molecule has 1 aliphatic heterocycles. The molecule has 9 heteroatoms. The van der Waals surface area contributed by atoms with Crippen LogP contribution >= 0.6 is 24.8 Å². The van der Waals surface area contributed by atoms with Gasteiger partial charge in [-0.25, -0.2) is 5.01 Å². The number of hydrogen-bond donors (Lipinski definition) is 2. The van der Waals surface area contributed by atoms with Crippen molar-refractivity contribution < 1.29 is 9.59 Å². The van der Waals surface area contributed by atoms with Crippen molar-refractivity contribution in [3.63, 3.8) is 0 Å². The Balaban J connectivity index is 0.00000228. The zero-order chi connectivity index (χ0) is 24.1. The monoisotopic (exact) mass is 535 g/mol. The molecule has 2 aliphatic rings. The van der Waals surface area contributed by atoms with Crippen molar-refractivity contribution in [2.75, 3.05) is 38.1 Å². The van der Waals surface area contributed by atoms with Crippen LogP contribution in [0.15, 0.2) is 42.5 Å². The summed E-state index contributed by atoms with van der Waals surface area (Å²) in [7, 11) is 1.80. The third-order valence-corrected chi connectivity index (χ3v) is 6.76. The number of carbonyl (C=O) groups excluding carboxylic acids is 2. The quantitative estimate of drug-likeness (QED) is 0.488. The molecule has 0 radical (unpaired) electrons. The predicted molar refractivity (Wildman–Crippen MR) is 150 cm³/mol. The van der Waals surface area contributed by atoms with E-state index in [1.54, 1.807) is 12.1 Å². The molecular weight excluding hydrogens is 497 g/mol. The molecule has 198 valence electrons. The van der Waals surface area contributed by atoms with Crippen molar-refractivity contribution >= 4 is 42.3 Å². The van der Waals surface area contributed by atoms with E-state index >= 15 is 0 Å². The molecule has 1 heterocycles. The first-order valence-corrected chi connectivity index (χ1v) is 12.4. The Bertz CT molecular complexity index is 1010. The summed E-state index contributed by atoms with van der Waals surface area (Å²) in [5.41, 5.74) is 6.18. The first-order chi connectivity index (χ1) is 16.4. The van der Waals surface area contributed by atoms with Crippen LogP contribution in [0.3, 0.4) is 0 Å². The number of aryl methyl sites for hydroxylation is 1. The standard InChI is InChI=1S/C27H37N5O2.2ClH/c1-20(2)29-14-15-32(25-13-7-11-21-10-6-12-24(21)25)27(34)17-28-16-26(33)30(3)31-18-22-8-4-5-9-23(22)19-31;;/h4-5,7-9,11,13,20,28-29H,6,10,12,14-19H2,1-3H3;2*1H. The van der Waals surface area contributed by atoms with Gasteiger partial charge in [-0.05, 0) is 47.6 Å². The lowest BCUT2D eigenvalue weighted by Crippen LogP contribution is -2.47. The Morgan fingerprint density at radius 2 is 1.56 bits per heavy atom. The van der Waals surface area contributed by atoms with E-state index in [2.05, 4.69) is 54.8 Å². The van der Waals surface area contributed by atoms with Crippen LogP contribution < -0.4 is 15.5 Å². The minimum absolute atomic E-state index is 0. The number of carbonyl (C=O) groups is 2. The van der Waals surface area contributed by atoms with Gasteiger partial charge in [-0.3, -0.25) is 19.9 Å². The summed E-state index contributed by atoms with van der Waals surface area (Å²) in [6.07, 6.45) is 3.23. The summed E-state index contributed by atoms with van der Waals surface area (Å²) in [6, 6.07) is 14.9. The number of benzene rings is 2. The van der Waals surface area contributed by atoms with Gasteiger partial charge in [0.1, 0.15) is 0 Å². The average molecular weight is 537 g/mol. The van der Waals surface area contributed by atoms with Gasteiger partial charge in [0.2, 0.25) is 5.91 Å². The fourth-order valence-corrected chi connectivity index (χ4v) is 4.87. The smallest absolute Gasteiger partial charge is 0.250 e. The van der Waals surface area contributed by atoms with Crippen molar-refractivity contribution in [2.24, 2.45) is 0 Å². The van der Waals surface area contributed by atoms with Gasteiger partial charge in [0, 0.05) is 45.0 Å². The Kier molecular flexibility index (Phi) is 11.7. The Morgan fingerprint density at radius 3 is 2.22 bits per heavy atom. The number of anilines is 1. The number of hydrazine groups is 1. The van der Waals surface area contributed by atoms with E-state index in [9.17, 15) is 9.59 Å². The molecule has 0 fully saturated rings. The largest absolute Gasteiger partial charge is 0.313 e. The number of likely N-dealkylation sites (N-methyl/N-ethyl adjacent to an activating group) is 1. The average Bonchev–Trinajstić information content (AvgIpc) is 3.48. The molecule has 2 N–H and O–H groups in total. The highest BCUT2D eigenvalue weighted by Crippen LogP contribution is 2.31. The maximum atomic E-state index is 13.3. The fourth-order valence-electron chi connectivity index (χ4n) is 4.87. The third kappa shape index (κ3) is 7.20. The minimum atomic E-state index is -0.0470. The van der Waals surface area contributed by atoms with Crippen molar-refractivity contribution in [3.8, 4) is 0 Å². The minimum Gasteiger partial charge on any atom is -0.313 e. The van der Waals surface area contributed by atoms with Gasteiger partial charge in [-0.2, -0.15) is 0 Å². The number of halogens is 2. The van der Waals surface area contributed by atoms with Gasteiger partial charge in [0.15, 0.2) is 0 Å². The lowest BCUT2D eigenvalue weighted by atomic mass is 10.1. The van der Waals surface area contributed by atoms with E-state index in [4.69, 9.17) is 0 Å². The highest BCUT2D eigenvalue weighted by molar-refractivity contribution is 5.96. The number of fused-ring (bicyclic) bond motifs is 2. The van der Waals surface area contributed by atoms with Crippen molar-refractivity contribution in [1.29, 1.82) is 0 Å². The normalized spacial score (nSPS) is 14.0. The number of hydrogen-bond acceptors (Lipinski definition) is 5. The molecule has 1 aliphatic carbocycles. The Morgan fingerprint density at radius 1 is 0.917 bits per heavy atom. The van der Waals surface area contributed by atoms with Crippen LogP contribution in [0.4, 0.5) is 5.69 Å². The predicted octanol–water partition coefficient (Wildman–Crippen LogP) is 3.33. The van der Waals surface area contributed by atoms with Crippen molar-refractivity contribution in [2.45, 2.75) is 52.2 Å². The van der Waals surface area contributed by atoms with Crippen LogP contribution in [0, 0.1) is 0 Å². The Labute approximate surface area is 227 Å². The van der Waals surface area contributed by atoms with Gasteiger partial charge in [-0.15, -0.1) is 24.8 Å². The second-order valence-electron chi connectivity index (χ2n) is 9.53. The van der Waals surface area contributed by atoms with Crippen LogP contribution in [0.5, 0.6) is 0 Å². The second kappa shape index (κ2) is 14.0. The molecule has 0 aromatic heterocycles. The lowest BCUT2D eigenvalue weighted by Gasteiger charge is -2.28. The van der Waals surface area contributed by atoms with Gasteiger partial charge in [-0.1, -0.05) is 50.2 Å². The molecule has 0 saturated carbocycles. The first kappa shape index (κ1) is 30.1. The zero-order valence-corrected chi connectivity index (χ0v) is 23.1. The maximum absolute atomic E-state index is 13.3. The molecule has 7 nitrogen and oxygen atoms in total. The summed E-state index contributed by atoms with van der Waals surface area (Å²) in [4.78, 5) is 28.0. The van der Waals surface area contributed by atoms with E-state index in [0.29, 0.717) is 12.6 Å². The molecule has 0 bridgehead atoms. The number of nitrogens with zero attached hydrogens (tertiary/aromatic N) is 3. The molecular formula is C27H39Cl2N5O2. The molecule has 0 saturated heterocycles. The number of nitrogens with one attached hydrogen (secondary N) is 2.